The Kier molecular flexibility index (Phi) is 5.56. The van der Waals surface area contributed by atoms with E-state index < -0.39 is 7.28 Å². The first kappa shape index (κ1) is 19.5. The van der Waals surface area contributed by atoms with E-state index in [-0.39, 0.29) is 0 Å². The molecule has 0 N–H and O–H groups in total. The molecule has 2 nitrogen and oxygen atoms in total. The van der Waals surface area contributed by atoms with Crippen LogP contribution in [0.5, 0.6) is 0 Å². The molecule has 0 radical (unpaired) electrons. The highest BCUT2D eigenvalue weighted by Gasteiger charge is 2.29. The molecule has 0 atom stereocenters. The van der Waals surface area contributed by atoms with Crippen molar-refractivity contribution in [2.24, 2.45) is 4.74 Å². The molecule has 0 saturated heterocycles. The van der Waals surface area contributed by atoms with Crippen molar-refractivity contribution in [3.63, 3.8) is 0 Å². The van der Waals surface area contributed by atoms with Crippen molar-refractivity contribution < 1.29 is 4.52 Å². The van der Waals surface area contributed by atoms with E-state index in [1.165, 1.54) is 16.7 Å². The topological polar surface area (TPSA) is 21.6 Å². The molecular formula is C26H26NOP. The molecule has 3 aromatic rings. The van der Waals surface area contributed by atoms with Gasteiger partial charge in [-0.05, 0) is 63.2 Å². The smallest absolute Gasteiger partial charge is 0.196 e. The summed E-state index contributed by atoms with van der Waals surface area (Å²) in [5, 5.41) is 2.25. The normalized spacial score (nSPS) is 13.3. The standard InChI is InChI=1S/C26H26NOP/c1-20-8-14-23(15-9-20)27-29(28-24-6-4-5-7-24,25-16-10-21(2)11-17-25)26-18-12-22(3)13-19-26/h4-6,8-19H,7H2,1-3H3. The van der Waals surface area contributed by atoms with E-state index in [2.05, 4.69) is 112 Å². The highest BCUT2D eigenvalue weighted by molar-refractivity contribution is 7.76. The van der Waals surface area contributed by atoms with Crippen molar-refractivity contribution in [1.82, 2.24) is 0 Å². The van der Waals surface area contributed by atoms with Crippen LogP contribution in [0.25, 0.3) is 0 Å². The average molecular weight is 399 g/mol. The van der Waals surface area contributed by atoms with Crippen molar-refractivity contribution in [1.29, 1.82) is 0 Å². The quantitative estimate of drug-likeness (QED) is 0.429. The molecule has 1 aliphatic carbocycles. The Bertz CT molecular complexity index is 1060. The molecule has 0 heterocycles. The first-order valence-electron chi connectivity index (χ1n) is 9.94. The Labute approximate surface area is 173 Å². The highest BCUT2D eigenvalue weighted by atomic mass is 31.2. The molecule has 0 spiro atoms. The molecule has 0 bridgehead atoms. The molecule has 0 fully saturated rings. The molecular weight excluding hydrogens is 373 g/mol. The van der Waals surface area contributed by atoms with Crippen LogP contribution in [0.1, 0.15) is 23.1 Å². The Morgan fingerprint density at radius 2 is 1.17 bits per heavy atom. The number of nitrogens with zero attached hydrogens (tertiary/aromatic N) is 1. The van der Waals surface area contributed by atoms with Gasteiger partial charge in [-0.15, -0.1) is 0 Å². The number of aryl methyl sites for hydroxylation is 3. The first-order chi connectivity index (χ1) is 14.0. The molecule has 0 amide bonds. The molecule has 3 heteroatoms. The maximum absolute atomic E-state index is 6.83. The van der Waals surface area contributed by atoms with Gasteiger partial charge >= 0.3 is 0 Å². The van der Waals surface area contributed by atoms with Crippen LogP contribution in [0.15, 0.2) is 102 Å². The van der Waals surface area contributed by atoms with Crippen molar-refractivity contribution in [3.05, 3.63) is 113 Å². The third kappa shape index (κ3) is 4.28. The Morgan fingerprint density at radius 1 is 0.690 bits per heavy atom. The molecule has 29 heavy (non-hydrogen) atoms. The van der Waals surface area contributed by atoms with E-state index in [4.69, 9.17) is 9.27 Å². The third-order valence-corrected chi connectivity index (χ3v) is 8.05. The van der Waals surface area contributed by atoms with Crippen molar-refractivity contribution in [2.75, 3.05) is 0 Å². The van der Waals surface area contributed by atoms with E-state index in [0.29, 0.717) is 0 Å². The van der Waals surface area contributed by atoms with Crippen LogP contribution in [0.4, 0.5) is 5.69 Å². The lowest BCUT2D eigenvalue weighted by molar-refractivity contribution is 0.468. The van der Waals surface area contributed by atoms with Crippen LogP contribution in [-0.2, 0) is 4.52 Å². The zero-order chi connectivity index (χ0) is 20.3. The van der Waals surface area contributed by atoms with E-state index in [1.54, 1.807) is 0 Å². The summed E-state index contributed by atoms with van der Waals surface area (Å²) < 4.78 is 12.1. The summed E-state index contributed by atoms with van der Waals surface area (Å²) in [6, 6.07) is 25.6. The maximum Gasteiger partial charge on any atom is 0.196 e. The minimum absolute atomic E-state index is 0.808. The summed E-state index contributed by atoms with van der Waals surface area (Å²) >= 11 is 0. The Balaban J connectivity index is 1.98. The van der Waals surface area contributed by atoms with Crippen LogP contribution >= 0.6 is 7.28 Å². The van der Waals surface area contributed by atoms with E-state index in [9.17, 15) is 0 Å². The number of benzene rings is 3. The number of allylic oxidation sites excluding steroid dienone is 3. The van der Waals surface area contributed by atoms with Crippen molar-refractivity contribution in [3.8, 4) is 0 Å². The SMILES string of the molecule is Cc1ccc(N=P(OC2=CC=CC2)(c2ccc(C)cc2)c2ccc(C)cc2)cc1. The van der Waals surface area contributed by atoms with Gasteiger partial charge in [0.2, 0.25) is 0 Å². The Hall–Kier alpha value is -2.83. The fourth-order valence-corrected chi connectivity index (χ4v) is 6.14. The lowest BCUT2D eigenvalue weighted by atomic mass is 10.2. The van der Waals surface area contributed by atoms with Gasteiger partial charge in [-0.25, -0.2) is 4.74 Å². The summed E-state index contributed by atoms with van der Waals surface area (Å²) in [6.45, 7) is 6.31. The summed E-state index contributed by atoms with van der Waals surface area (Å²) in [6.07, 6.45) is 7.05. The van der Waals surface area contributed by atoms with Crippen molar-refractivity contribution in [2.45, 2.75) is 27.2 Å². The largest absolute Gasteiger partial charge is 0.456 e. The van der Waals surface area contributed by atoms with Gasteiger partial charge < -0.3 is 4.52 Å². The van der Waals surface area contributed by atoms with Crippen LogP contribution < -0.4 is 10.6 Å². The van der Waals surface area contributed by atoms with Crippen LogP contribution in [0.3, 0.4) is 0 Å². The average Bonchev–Trinajstić information content (AvgIpc) is 3.23. The van der Waals surface area contributed by atoms with Gasteiger partial charge in [0.05, 0.1) is 5.69 Å². The molecule has 4 rings (SSSR count). The van der Waals surface area contributed by atoms with Crippen LogP contribution in [0, 0.1) is 20.8 Å². The first-order valence-corrected chi connectivity index (χ1v) is 11.6. The predicted octanol–water partition coefficient (Wildman–Crippen LogP) is 6.87. The van der Waals surface area contributed by atoms with Crippen LogP contribution in [-0.4, -0.2) is 0 Å². The number of rotatable bonds is 5. The summed E-state index contributed by atoms with van der Waals surface area (Å²) in [5.41, 5.74) is 4.62. The van der Waals surface area contributed by atoms with Gasteiger partial charge in [-0.3, -0.25) is 0 Å². The molecule has 0 aromatic heterocycles. The minimum atomic E-state index is -2.51. The molecule has 146 valence electrons. The second-order valence-electron chi connectivity index (χ2n) is 7.54. The van der Waals surface area contributed by atoms with Gasteiger partial charge in [0.1, 0.15) is 5.76 Å². The molecule has 0 saturated carbocycles. The predicted molar refractivity (Wildman–Crippen MR) is 125 cm³/mol. The zero-order valence-corrected chi connectivity index (χ0v) is 18.1. The second-order valence-corrected chi connectivity index (χ2v) is 10.1. The van der Waals surface area contributed by atoms with E-state index >= 15 is 0 Å². The van der Waals surface area contributed by atoms with E-state index in [1.807, 2.05) is 0 Å². The van der Waals surface area contributed by atoms with Gasteiger partial charge in [0.15, 0.2) is 7.28 Å². The van der Waals surface area contributed by atoms with E-state index in [0.717, 1.165) is 28.5 Å². The van der Waals surface area contributed by atoms with Gasteiger partial charge in [-0.2, -0.15) is 0 Å². The number of hydrogen-bond acceptors (Lipinski definition) is 2. The summed E-state index contributed by atoms with van der Waals surface area (Å²) in [4.78, 5) is 0. The monoisotopic (exact) mass is 399 g/mol. The van der Waals surface area contributed by atoms with Crippen molar-refractivity contribution >= 4 is 23.6 Å². The van der Waals surface area contributed by atoms with Crippen LogP contribution in [0.2, 0.25) is 0 Å². The van der Waals surface area contributed by atoms with Gasteiger partial charge in [-0.1, -0.05) is 65.2 Å². The zero-order valence-electron chi connectivity index (χ0n) is 17.2. The molecule has 3 aromatic carbocycles. The highest BCUT2D eigenvalue weighted by Crippen LogP contribution is 2.53. The second kappa shape index (κ2) is 8.27. The maximum atomic E-state index is 6.83. The fraction of sp³-hybridized carbons (Fsp3) is 0.154. The molecule has 0 aliphatic heterocycles. The van der Waals surface area contributed by atoms with Gasteiger partial charge in [0, 0.05) is 17.0 Å². The molecule has 1 aliphatic rings. The summed E-state index contributed by atoms with van der Waals surface area (Å²) in [7, 11) is -2.51. The lowest BCUT2D eigenvalue weighted by Gasteiger charge is -2.27. The molecule has 0 unspecified atom stereocenters. The lowest BCUT2D eigenvalue weighted by Crippen LogP contribution is -2.18. The fourth-order valence-electron chi connectivity index (χ4n) is 3.32. The minimum Gasteiger partial charge on any atom is -0.456 e. The third-order valence-electron chi connectivity index (χ3n) is 5.04. The Morgan fingerprint density at radius 3 is 1.62 bits per heavy atom. The summed E-state index contributed by atoms with van der Waals surface area (Å²) in [5.74, 6) is 0.968. The van der Waals surface area contributed by atoms with Gasteiger partial charge in [0.25, 0.3) is 0 Å². The number of hydrogen-bond donors (Lipinski definition) is 0.